The molecule has 5 aromatic rings. The molecule has 0 saturated carbocycles. The molecule has 0 bridgehead atoms. The molecule has 0 aliphatic rings. The molecule has 0 aliphatic carbocycles. The molecule has 2 atom stereocenters. The summed E-state index contributed by atoms with van der Waals surface area (Å²) in [5.74, 6) is -1.01. The number of rotatable bonds is 17. The summed E-state index contributed by atoms with van der Waals surface area (Å²) in [6, 6.07) is 15.3. The van der Waals surface area contributed by atoms with Gasteiger partial charge in [-0.2, -0.15) is 8.42 Å². The predicted octanol–water partition coefficient (Wildman–Crippen LogP) is 5.32. The number of carboxylic acid groups (broad SMARTS) is 1. The van der Waals surface area contributed by atoms with Gasteiger partial charge in [-0.25, -0.2) is 9.48 Å². The Morgan fingerprint density at radius 1 is 1.06 bits per heavy atom. The molecule has 3 aromatic carbocycles. The van der Waals surface area contributed by atoms with Gasteiger partial charge in [0.2, 0.25) is 5.91 Å². The smallest absolute Gasteiger partial charge is 0.326 e. The summed E-state index contributed by atoms with van der Waals surface area (Å²) < 4.78 is 44.2. The number of H-pyrrole nitrogens is 1. The van der Waals surface area contributed by atoms with Crippen molar-refractivity contribution in [2.75, 3.05) is 13.2 Å². The average molecular weight is 741 g/mol. The lowest BCUT2D eigenvalue weighted by Gasteiger charge is -2.23. The molecule has 0 spiro atoms. The van der Waals surface area contributed by atoms with Gasteiger partial charge in [0.1, 0.15) is 59.7 Å². The van der Waals surface area contributed by atoms with E-state index in [-0.39, 0.29) is 42.7 Å². The highest BCUT2D eigenvalue weighted by Gasteiger charge is 2.30. The van der Waals surface area contributed by atoms with Gasteiger partial charge in [-0.05, 0) is 71.3 Å². The van der Waals surface area contributed by atoms with Crippen molar-refractivity contribution in [3.05, 3.63) is 93.0 Å². The van der Waals surface area contributed by atoms with Crippen molar-refractivity contribution in [1.82, 2.24) is 25.3 Å². The molecule has 0 fully saturated rings. The number of fused-ring (bicyclic) bond motifs is 1. The minimum atomic E-state index is -4.22. The zero-order chi connectivity index (χ0) is 35.8. The number of aliphatic carboxylic acids is 1. The van der Waals surface area contributed by atoms with Crippen LogP contribution >= 0.6 is 23.6 Å². The molecule has 50 heavy (non-hydrogen) atoms. The Balaban J connectivity index is 1.14. The largest absolute Gasteiger partial charge is 0.491 e. The van der Waals surface area contributed by atoms with Gasteiger partial charge in [0.25, 0.3) is 10.1 Å². The number of carbonyl (C=O) groups excluding carboxylic acids is 1. The Labute approximate surface area is 295 Å². The van der Waals surface area contributed by atoms with Gasteiger partial charge in [-0.3, -0.25) is 8.98 Å². The van der Waals surface area contributed by atoms with E-state index in [4.69, 9.17) is 25.9 Å². The second-order valence-corrected chi connectivity index (χ2v) is 14.6. The standard InChI is InChI=1S/C32H32N6O9S3/c1-19(2)29(38-17-21(35-37-38)18-46-23-11-12-24-27(16-23)49-32(48)34-24)30(39)33-26(31(40)41)15-20-7-9-22(10-8-20)45-13-14-47-50(43,44)28-6-4-3-5-25(28)36-42/h3-12,16-17,19,26,29H,13-15,18H2,1-2H3,(H,33,39)(H,34,48)(H,40,41)/t26-,29-/m0/s1. The van der Waals surface area contributed by atoms with Crippen LogP contribution in [0, 0.1) is 14.8 Å². The van der Waals surface area contributed by atoms with Crippen LogP contribution in [0.4, 0.5) is 5.69 Å². The van der Waals surface area contributed by atoms with E-state index < -0.39 is 34.1 Å². The van der Waals surface area contributed by atoms with E-state index in [0.29, 0.717) is 26.7 Å². The molecular formula is C32H32N6O9S3. The number of carbonyl (C=O) groups is 2. The molecular weight excluding hydrogens is 709 g/mol. The lowest BCUT2D eigenvalue weighted by atomic mass is 10.0. The highest BCUT2D eigenvalue weighted by molar-refractivity contribution is 7.87. The van der Waals surface area contributed by atoms with Gasteiger partial charge < -0.3 is 24.9 Å². The van der Waals surface area contributed by atoms with Crippen LogP contribution in [0.3, 0.4) is 0 Å². The number of benzene rings is 3. The third-order valence-corrected chi connectivity index (χ3v) is 9.88. The zero-order valence-electron chi connectivity index (χ0n) is 26.7. The van der Waals surface area contributed by atoms with Crippen LogP contribution in [0.5, 0.6) is 11.5 Å². The monoisotopic (exact) mass is 740 g/mol. The van der Waals surface area contributed by atoms with Crippen molar-refractivity contribution in [3.8, 4) is 11.5 Å². The Hall–Kier alpha value is -5.04. The summed E-state index contributed by atoms with van der Waals surface area (Å²) >= 11 is 6.63. The van der Waals surface area contributed by atoms with E-state index in [1.54, 1.807) is 30.5 Å². The summed E-state index contributed by atoms with van der Waals surface area (Å²) in [5.41, 5.74) is 1.74. The summed E-state index contributed by atoms with van der Waals surface area (Å²) in [6.07, 6.45) is 1.58. The molecule has 0 saturated heterocycles. The Kier molecular flexibility index (Phi) is 11.7. The third-order valence-electron chi connectivity index (χ3n) is 7.32. The topological polar surface area (TPSA) is 204 Å². The predicted molar refractivity (Wildman–Crippen MR) is 185 cm³/mol. The van der Waals surface area contributed by atoms with Gasteiger partial charge in [0.05, 0.1) is 16.4 Å². The normalized spacial score (nSPS) is 12.8. The molecule has 0 unspecified atom stereocenters. The molecule has 18 heteroatoms. The number of ether oxygens (including phenoxy) is 2. The molecule has 2 heterocycles. The number of hydrogen-bond donors (Lipinski definition) is 3. The Morgan fingerprint density at radius 2 is 1.80 bits per heavy atom. The maximum absolute atomic E-state index is 13.4. The van der Waals surface area contributed by atoms with Crippen LogP contribution in [0.25, 0.3) is 10.2 Å². The number of nitrogens with one attached hydrogen (secondary N) is 2. The summed E-state index contributed by atoms with van der Waals surface area (Å²) in [6.45, 7) is 3.28. The first-order valence-corrected chi connectivity index (χ1v) is 17.8. The van der Waals surface area contributed by atoms with Crippen LogP contribution in [0.1, 0.15) is 31.1 Å². The second kappa shape index (κ2) is 16.1. The van der Waals surface area contributed by atoms with Crippen LogP contribution in [-0.4, -0.2) is 64.6 Å². The fourth-order valence-electron chi connectivity index (χ4n) is 4.94. The number of nitroso groups, excluding NO2 is 1. The van der Waals surface area contributed by atoms with Gasteiger partial charge in [-0.1, -0.05) is 43.3 Å². The number of thiazole rings is 1. The molecule has 15 nitrogen and oxygen atoms in total. The number of hydrogen-bond acceptors (Lipinski definition) is 13. The highest BCUT2D eigenvalue weighted by Crippen LogP contribution is 2.26. The first-order chi connectivity index (χ1) is 23.9. The quantitative estimate of drug-likeness (QED) is 0.0480. The van der Waals surface area contributed by atoms with E-state index in [2.05, 4.69) is 25.8 Å². The molecule has 1 amide bonds. The number of amides is 1. The molecule has 5 rings (SSSR count). The minimum absolute atomic E-state index is 0.0204. The van der Waals surface area contributed by atoms with Crippen molar-refractivity contribution in [3.63, 3.8) is 0 Å². The van der Waals surface area contributed by atoms with Crippen molar-refractivity contribution in [1.29, 1.82) is 0 Å². The average Bonchev–Trinajstić information content (AvgIpc) is 3.71. The Morgan fingerprint density at radius 3 is 2.52 bits per heavy atom. The number of aromatic nitrogens is 4. The van der Waals surface area contributed by atoms with Crippen LogP contribution in [0.15, 0.2) is 83.0 Å². The fourth-order valence-corrected chi connectivity index (χ4v) is 7.11. The van der Waals surface area contributed by atoms with Gasteiger partial charge in [0, 0.05) is 6.42 Å². The first kappa shape index (κ1) is 36.2. The molecule has 0 radical (unpaired) electrons. The number of carboxylic acids is 1. The number of aromatic amines is 1. The highest BCUT2D eigenvalue weighted by atomic mass is 32.2. The van der Waals surface area contributed by atoms with Crippen molar-refractivity contribution in [2.24, 2.45) is 11.1 Å². The summed E-state index contributed by atoms with van der Waals surface area (Å²) in [4.78, 5) is 39.2. The Bertz CT molecular complexity index is 2150. The van der Waals surface area contributed by atoms with Crippen LogP contribution in [-0.2, 0) is 36.9 Å². The molecule has 262 valence electrons. The lowest BCUT2D eigenvalue weighted by molar-refractivity contribution is -0.142. The molecule has 0 aliphatic heterocycles. The van der Waals surface area contributed by atoms with Crippen molar-refractivity contribution < 1.29 is 36.8 Å². The molecule has 2 aromatic heterocycles. The fraction of sp³-hybridized carbons (Fsp3) is 0.281. The third kappa shape index (κ3) is 9.14. The van der Waals surface area contributed by atoms with Gasteiger partial charge >= 0.3 is 5.97 Å². The number of nitrogens with zero attached hydrogens (tertiary/aromatic N) is 4. The SMILES string of the molecule is CC(C)[C@@H](C(=O)N[C@@H](Cc1ccc(OCCOS(=O)(=O)c2ccccc2N=O)cc1)C(=O)O)n1cc(COc2ccc3[nH]c(=S)sc3c2)nn1. The maximum Gasteiger partial charge on any atom is 0.326 e. The van der Waals surface area contributed by atoms with E-state index in [1.165, 1.54) is 40.3 Å². The van der Waals surface area contributed by atoms with Crippen molar-refractivity contribution >= 4 is 61.5 Å². The maximum atomic E-state index is 13.4. The van der Waals surface area contributed by atoms with Crippen LogP contribution < -0.4 is 14.8 Å². The second-order valence-electron chi connectivity index (χ2n) is 11.3. The lowest BCUT2D eigenvalue weighted by Crippen LogP contribution is -2.46. The van der Waals surface area contributed by atoms with Crippen LogP contribution in [0.2, 0.25) is 0 Å². The van der Waals surface area contributed by atoms with E-state index in [1.807, 2.05) is 32.0 Å². The molecule has 3 N–H and O–H groups in total. The van der Waals surface area contributed by atoms with E-state index in [9.17, 15) is 28.0 Å². The summed E-state index contributed by atoms with van der Waals surface area (Å²) in [5, 5.41) is 23.5. The van der Waals surface area contributed by atoms with E-state index in [0.717, 1.165) is 10.2 Å². The van der Waals surface area contributed by atoms with E-state index >= 15 is 0 Å². The zero-order valence-corrected chi connectivity index (χ0v) is 29.2. The van der Waals surface area contributed by atoms with Gasteiger partial charge in [-0.15, -0.1) is 21.3 Å². The summed E-state index contributed by atoms with van der Waals surface area (Å²) in [7, 11) is -4.22. The van der Waals surface area contributed by atoms with Gasteiger partial charge in [0.15, 0.2) is 3.95 Å². The minimum Gasteiger partial charge on any atom is -0.491 e. The van der Waals surface area contributed by atoms with Crippen molar-refractivity contribution in [2.45, 2.75) is 43.9 Å². The first-order valence-electron chi connectivity index (χ1n) is 15.2.